The van der Waals surface area contributed by atoms with Crippen LogP contribution in [-0.4, -0.2) is 21.4 Å². The number of aromatic amines is 1. The fourth-order valence-electron chi connectivity index (χ4n) is 0.632. The molecule has 7 nitrogen and oxygen atoms in total. The predicted molar refractivity (Wildman–Crippen MR) is 32.3 cm³/mol. The molecule has 1 amide bonds. The van der Waals surface area contributed by atoms with Gasteiger partial charge in [0.05, 0.1) is 7.05 Å². The predicted octanol–water partition coefficient (Wildman–Crippen LogP) is -3.56. The Bertz CT molecular complexity index is 255. The van der Waals surface area contributed by atoms with Gasteiger partial charge in [-0.25, -0.2) is 5.43 Å². The normalized spacial score (nSPS) is 9.64. The van der Waals surface area contributed by atoms with Gasteiger partial charge in [0, 0.05) is 0 Å². The van der Waals surface area contributed by atoms with Gasteiger partial charge in [0.25, 0.3) is 5.91 Å². The van der Waals surface area contributed by atoms with E-state index < -0.39 is 0 Å². The van der Waals surface area contributed by atoms with Gasteiger partial charge < -0.3 is 0 Å². The van der Waals surface area contributed by atoms with Crippen LogP contribution in [0.3, 0.4) is 0 Å². The molecule has 7 heteroatoms. The minimum atomic E-state index is -0.186. The largest absolute Gasteiger partial charge is 0.309 e. The quantitative estimate of drug-likeness (QED) is 0.306. The lowest BCUT2D eigenvalue weighted by Crippen LogP contribution is -2.67. The third-order valence-electron chi connectivity index (χ3n) is 1.26. The fraction of sp³-hybridized carbons (Fsp3) is 0.500. The molecule has 0 radical (unpaired) electrons. The van der Waals surface area contributed by atoms with Crippen molar-refractivity contribution in [2.24, 2.45) is 7.05 Å². The van der Waals surface area contributed by atoms with Crippen LogP contribution in [0, 0.1) is 0 Å². The Morgan fingerprint density at radius 1 is 1.91 bits per heavy atom. The first-order valence-corrected chi connectivity index (χ1v) is 3.06. The first kappa shape index (κ1) is 7.61. The van der Waals surface area contributed by atoms with Crippen LogP contribution in [0.25, 0.3) is 0 Å². The summed E-state index contributed by atoms with van der Waals surface area (Å²) in [7, 11) is 1.73. The van der Waals surface area contributed by atoms with Crippen molar-refractivity contribution in [3.8, 4) is 0 Å². The SMILES string of the molecule is C[n+]1[nH]nnc1CC(=O)N[NH3+]. The smallest absolute Gasteiger partial charge is 0.269 e. The van der Waals surface area contributed by atoms with Crippen molar-refractivity contribution >= 4 is 5.91 Å². The molecule has 0 aliphatic carbocycles. The Hall–Kier alpha value is -1.50. The number of aryl methyl sites for hydroxylation is 1. The minimum Gasteiger partial charge on any atom is -0.269 e. The van der Waals surface area contributed by atoms with Gasteiger partial charge in [0.1, 0.15) is 11.5 Å². The van der Waals surface area contributed by atoms with Gasteiger partial charge in [0.15, 0.2) is 5.21 Å². The Kier molecular flexibility index (Phi) is 2.12. The van der Waals surface area contributed by atoms with Crippen LogP contribution in [0.2, 0.25) is 0 Å². The zero-order valence-electron chi connectivity index (χ0n) is 6.16. The van der Waals surface area contributed by atoms with Crippen molar-refractivity contribution in [3.63, 3.8) is 0 Å². The van der Waals surface area contributed by atoms with Crippen molar-refractivity contribution in [1.29, 1.82) is 0 Å². The van der Waals surface area contributed by atoms with Crippen molar-refractivity contribution in [2.75, 3.05) is 0 Å². The molecular weight excluding hydrogens is 148 g/mol. The second kappa shape index (κ2) is 3.06. The maximum Gasteiger partial charge on any atom is 0.309 e. The van der Waals surface area contributed by atoms with Crippen LogP contribution in [0.1, 0.15) is 5.82 Å². The van der Waals surface area contributed by atoms with E-state index in [2.05, 4.69) is 26.8 Å². The number of H-pyrrole nitrogens is 1. The van der Waals surface area contributed by atoms with E-state index in [1.807, 2.05) is 0 Å². The number of carbonyl (C=O) groups is 1. The maximum absolute atomic E-state index is 10.8. The first-order chi connectivity index (χ1) is 5.24. The van der Waals surface area contributed by atoms with Crippen molar-refractivity contribution in [3.05, 3.63) is 5.82 Å². The monoisotopic (exact) mass is 158 g/mol. The van der Waals surface area contributed by atoms with E-state index >= 15 is 0 Å². The summed E-state index contributed by atoms with van der Waals surface area (Å²) in [6.45, 7) is 0. The van der Waals surface area contributed by atoms with Crippen molar-refractivity contribution in [2.45, 2.75) is 6.42 Å². The average Bonchev–Trinajstić information content (AvgIpc) is 2.37. The molecule has 0 bridgehead atoms. The lowest BCUT2D eigenvalue weighted by atomic mass is 10.4. The third kappa shape index (κ3) is 1.71. The van der Waals surface area contributed by atoms with Crippen LogP contribution in [0.5, 0.6) is 0 Å². The Balaban J connectivity index is 2.64. The summed E-state index contributed by atoms with van der Waals surface area (Å²) in [5, 5.41) is 9.72. The summed E-state index contributed by atoms with van der Waals surface area (Å²) < 4.78 is 1.56. The Morgan fingerprint density at radius 3 is 3.09 bits per heavy atom. The molecule has 0 aromatic carbocycles. The number of aromatic nitrogens is 4. The highest BCUT2D eigenvalue weighted by molar-refractivity contribution is 5.75. The summed E-state index contributed by atoms with van der Waals surface area (Å²) in [4.78, 5) is 10.8. The topological polar surface area (TPSA) is 102 Å². The molecule has 0 unspecified atom stereocenters. The van der Waals surface area contributed by atoms with Crippen LogP contribution in [0.4, 0.5) is 0 Å². The number of hydrogen-bond donors (Lipinski definition) is 3. The van der Waals surface area contributed by atoms with Crippen LogP contribution in [-0.2, 0) is 18.3 Å². The molecule has 1 rings (SSSR count). The van der Waals surface area contributed by atoms with E-state index in [-0.39, 0.29) is 12.3 Å². The lowest BCUT2D eigenvalue weighted by molar-refractivity contribution is -0.737. The van der Waals surface area contributed by atoms with Crippen LogP contribution >= 0.6 is 0 Å². The molecule has 0 aliphatic heterocycles. The summed E-state index contributed by atoms with van der Waals surface area (Å²) in [6, 6.07) is 0. The molecule has 5 N–H and O–H groups in total. The molecule has 1 aromatic heterocycles. The highest BCUT2D eigenvalue weighted by Crippen LogP contribution is 1.80. The number of amides is 1. The number of nitrogens with zero attached hydrogens (tertiary/aromatic N) is 3. The van der Waals surface area contributed by atoms with Gasteiger partial charge in [-0.2, -0.15) is 4.68 Å². The third-order valence-corrected chi connectivity index (χ3v) is 1.26. The van der Waals surface area contributed by atoms with E-state index in [9.17, 15) is 4.79 Å². The molecule has 0 fully saturated rings. The minimum absolute atomic E-state index is 0.186. The van der Waals surface area contributed by atoms with E-state index in [0.717, 1.165) is 0 Å². The highest BCUT2D eigenvalue weighted by Gasteiger charge is 2.15. The second-order valence-electron chi connectivity index (χ2n) is 2.05. The Morgan fingerprint density at radius 2 is 2.64 bits per heavy atom. The molecular formula is C4H10N6O+2. The van der Waals surface area contributed by atoms with Crippen LogP contribution in [0.15, 0.2) is 0 Å². The molecule has 1 aromatic rings. The standard InChI is InChI=1S/C4H8N6O/c1-10-3(7-8-9-10)2-4(11)6-5/h2H2,1H3,(H3,5,6,8,9,11)/p+2. The van der Waals surface area contributed by atoms with Gasteiger partial charge >= 0.3 is 5.82 Å². The molecule has 0 aliphatic rings. The zero-order valence-corrected chi connectivity index (χ0v) is 6.16. The highest BCUT2D eigenvalue weighted by atomic mass is 16.2. The fourth-order valence-corrected chi connectivity index (χ4v) is 0.632. The van der Waals surface area contributed by atoms with E-state index in [0.29, 0.717) is 5.82 Å². The van der Waals surface area contributed by atoms with E-state index in [1.54, 1.807) is 11.7 Å². The average molecular weight is 158 g/mol. The number of tetrazole rings is 1. The molecule has 0 spiro atoms. The van der Waals surface area contributed by atoms with Gasteiger partial charge in [-0.15, -0.1) is 0 Å². The van der Waals surface area contributed by atoms with E-state index in [1.165, 1.54) is 0 Å². The van der Waals surface area contributed by atoms with Crippen LogP contribution < -0.4 is 16.0 Å². The summed E-state index contributed by atoms with van der Waals surface area (Å²) in [6.07, 6.45) is 0.191. The number of carbonyl (C=O) groups excluding carboxylic acids is 1. The Labute approximate surface area is 62.5 Å². The molecule has 60 valence electrons. The second-order valence-corrected chi connectivity index (χ2v) is 2.05. The summed E-state index contributed by atoms with van der Waals surface area (Å²) >= 11 is 0. The molecule has 11 heavy (non-hydrogen) atoms. The number of hydrogen-bond acceptors (Lipinski definition) is 3. The first-order valence-electron chi connectivity index (χ1n) is 3.06. The van der Waals surface area contributed by atoms with E-state index in [4.69, 9.17) is 0 Å². The van der Waals surface area contributed by atoms with Gasteiger partial charge in [-0.05, 0) is 0 Å². The molecule has 0 saturated heterocycles. The molecule has 0 saturated carbocycles. The number of quaternary nitrogens is 1. The zero-order chi connectivity index (χ0) is 8.27. The maximum atomic E-state index is 10.8. The van der Waals surface area contributed by atoms with Crippen molar-refractivity contribution < 1.29 is 15.3 Å². The molecule has 0 atom stereocenters. The van der Waals surface area contributed by atoms with Crippen molar-refractivity contribution in [1.82, 2.24) is 21.0 Å². The van der Waals surface area contributed by atoms with Gasteiger partial charge in [0.2, 0.25) is 0 Å². The summed E-state index contributed by atoms with van der Waals surface area (Å²) in [5.41, 5.74) is 2.25. The molecule has 1 heterocycles. The van der Waals surface area contributed by atoms with Gasteiger partial charge in [-0.3, -0.25) is 10.6 Å². The summed E-state index contributed by atoms with van der Waals surface area (Å²) in [5.74, 6) is 3.62. The lowest BCUT2D eigenvalue weighted by Gasteiger charge is -1.89. The number of nitrogens with one attached hydrogen (secondary N) is 2. The van der Waals surface area contributed by atoms with Gasteiger partial charge in [-0.1, -0.05) is 5.21 Å². The number of rotatable bonds is 2.